The van der Waals surface area contributed by atoms with E-state index in [9.17, 15) is 18.3 Å². The lowest BCUT2D eigenvalue weighted by Gasteiger charge is -2.17. The SMILES string of the molecule is OCC(Nc1ccc2nnc(C(F)(F)F)n2n1)c1ccccc1. The van der Waals surface area contributed by atoms with Crippen molar-refractivity contribution in [3.05, 3.63) is 53.9 Å². The van der Waals surface area contributed by atoms with Crippen molar-refractivity contribution in [3.8, 4) is 0 Å². The summed E-state index contributed by atoms with van der Waals surface area (Å²) in [7, 11) is 0. The molecule has 0 fully saturated rings. The molecule has 6 nitrogen and oxygen atoms in total. The number of nitrogens with zero attached hydrogens (tertiary/aromatic N) is 4. The third-order valence-electron chi connectivity index (χ3n) is 3.22. The second-order valence-corrected chi connectivity index (χ2v) is 4.80. The molecule has 0 amide bonds. The third kappa shape index (κ3) is 3.09. The van der Waals surface area contributed by atoms with Gasteiger partial charge in [0.1, 0.15) is 5.82 Å². The summed E-state index contributed by atoms with van der Waals surface area (Å²) in [4.78, 5) is 0. The van der Waals surface area contributed by atoms with Crippen molar-refractivity contribution in [3.63, 3.8) is 0 Å². The molecule has 3 aromatic rings. The Kier molecular flexibility index (Phi) is 3.87. The molecule has 0 spiro atoms. The highest BCUT2D eigenvalue weighted by atomic mass is 19.4. The number of rotatable bonds is 4. The van der Waals surface area contributed by atoms with Crippen LogP contribution in [-0.4, -0.2) is 31.5 Å². The van der Waals surface area contributed by atoms with Crippen LogP contribution in [0.2, 0.25) is 0 Å². The Bertz CT molecular complexity index is 803. The Balaban J connectivity index is 1.94. The van der Waals surface area contributed by atoms with Gasteiger partial charge in [0.05, 0.1) is 12.6 Å². The minimum absolute atomic E-state index is 0.0110. The fourth-order valence-electron chi connectivity index (χ4n) is 2.14. The maximum Gasteiger partial charge on any atom is 0.453 e. The topological polar surface area (TPSA) is 75.3 Å². The molecule has 120 valence electrons. The molecule has 0 aliphatic rings. The number of aliphatic hydroxyl groups is 1. The number of halogens is 3. The molecule has 0 saturated heterocycles. The van der Waals surface area contributed by atoms with Gasteiger partial charge in [-0.2, -0.15) is 17.7 Å². The quantitative estimate of drug-likeness (QED) is 0.770. The first-order chi connectivity index (χ1) is 11.0. The molecule has 0 saturated carbocycles. The number of aliphatic hydroxyl groups excluding tert-OH is 1. The minimum atomic E-state index is -4.65. The summed E-state index contributed by atoms with van der Waals surface area (Å²) in [5, 5.41) is 22.8. The van der Waals surface area contributed by atoms with Gasteiger partial charge in [-0.05, 0) is 17.7 Å². The van der Waals surface area contributed by atoms with Crippen LogP contribution in [0.4, 0.5) is 19.0 Å². The molecule has 1 atom stereocenters. The van der Waals surface area contributed by atoms with E-state index in [1.807, 2.05) is 6.07 Å². The lowest BCUT2D eigenvalue weighted by molar-refractivity contribution is -0.146. The summed E-state index contributed by atoms with van der Waals surface area (Å²) in [6, 6.07) is 11.4. The van der Waals surface area contributed by atoms with Crippen molar-refractivity contribution < 1.29 is 18.3 Å². The van der Waals surface area contributed by atoms with Crippen molar-refractivity contribution in [2.24, 2.45) is 0 Å². The van der Waals surface area contributed by atoms with E-state index in [0.717, 1.165) is 5.56 Å². The van der Waals surface area contributed by atoms with Crippen LogP contribution in [0.3, 0.4) is 0 Å². The van der Waals surface area contributed by atoms with Crippen LogP contribution in [0.25, 0.3) is 5.65 Å². The Labute approximate surface area is 128 Å². The zero-order chi connectivity index (χ0) is 16.4. The zero-order valence-corrected chi connectivity index (χ0v) is 11.7. The summed E-state index contributed by atoms with van der Waals surface area (Å²) in [5.41, 5.74) is 0.778. The van der Waals surface area contributed by atoms with Gasteiger partial charge >= 0.3 is 6.18 Å². The van der Waals surface area contributed by atoms with Crippen LogP contribution in [0.15, 0.2) is 42.5 Å². The van der Waals surface area contributed by atoms with E-state index in [1.165, 1.54) is 12.1 Å². The van der Waals surface area contributed by atoms with Gasteiger partial charge in [0.2, 0.25) is 0 Å². The lowest BCUT2D eigenvalue weighted by atomic mass is 10.1. The first-order valence-corrected chi connectivity index (χ1v) is 6.71. The summed E-state index contributed by atoms with van der Waals surface area (Å²) in [6.45, 7) is -0.238. The molecular formula is C14H12F3N5O. The number of nitrogens with one attached hydrogen (secondary N) is 1. The Hall–Kier alpha value is -2.68. The van der Waals surface area contributed by atoms with Gasteiger partial charge in [-0.1, -0.05) is 30.3 Å². The minimum Gasteiger partial charge on any atom is -0.394 e. The third-order valence-corrected chi connectivity index (χ3v) is 3.22. The van der Waals surface area contributed by atoms with Gasteiger partial charge in [-0.15, -0.1) is 15.3 Å². The van der Waals surface area contributed by atoms with Gasteiger partial charge in [0, 0.05) is 0 Å². The first kappa shape index (κ1) is 15.2. The first-order valence-electron chi connectivity index (χ1n) is 6.71. The van der Waals surface area contributed by atoms with Gasteiger partial charge in [0.25, 0.3) is 5.82 Å². The number of aromatic nitrogens is 4. The lowest BCUT2D eigenvalue weighted by Crippen LogP contribution is -2.17. The molecule has 1 unspecified atom stereocenters. The summed E-state index contributed by atoms with van der Waals surface area (Å²) < 4.78 is 39.2. The van der Waals surface area contributed by atoms with Crippen LogP contribution in [0.5, 0.6) is 0 Å². The molecule has 1 aromatic carbocycles. The van der Waals surface area contributed by atoms with Gasteiger partial charge in [0.15, 0.2) is 5.65 Å². The number of hydrogen-bond acceptors (Lipinski definition) is 5. The van der Waals surface area contributed by atoms with Gasteiger partial charge < -0.3 is 10.4 Å². The van der Waals surface area contributed by atoms with E-state index in [1.54, 1.807) is 24.3 Å². The van der Waals surface area contributed by atoms with Crippen LogP contribution in [0.1, 0.15) is 17.4 Å². The van der Waals surface area contributed by atoms with E-state index in [-0.39, 0.29) is 18.1 Å². The maximum absolute atomic E-state index is 12.9. The van der Waals surface area contributed by atoms with Crippen LogP contribution in [-0.2, 0) is 6.18 Å². The van der Waals surface area contributed by atoms with E-state index in [4.69, 9.17) is 0 Å². The fraction of sp³-hybridized carbons (Fsp3) is 0.214. The fourth-order valence-corrected chi connectivity index (χ4v) is 2.14. The second kappa shape index (κ2) is 5.84. The van der Waals surface area contributed by atoms with Crippen molar-refractivity contribution in [2.75, 3.05) is 11.9 Å². The van der Waals surface area contributed by atoms with Crippen molar-refractivity contribution >= 4 is 11.5 Å². The average Bonchev–Trinajstić information content (AvgIpc) is 2.96. The number of anilines is 1. The highest BCUT2D eigenvalue weighted by Crippen LogP contribution is 2.28. The van der Waals surface area contributed by atoms with Crippen molar-refractivity contribution in [1.29, 1.82) is 0 Å². The van der Waals surface area contributed by atoms with Crippen molar-refractivity contribution in [1.82, 2.24) is 19.8 Å². The van der Waals surface area contributed by atoms with E-state index < -0.39 is 18.0 Å². The van der Waals surface area contributed by atoms with Crippen LogP contribution < -0.4 is 5.32 Å². The predicted molar refractivity (Wildman–Crippen MR) is 75.7 cm³/mol. The molecule has 2 N–H and O–H groups in total. The summed E-state index contributed by atoms with van der Waals surface area (Å²) in [6.07, 6.45) is -4.65. The Morgan fingerprint density at radius 2 is 1.83 bits per heavy atom. The second-order valence-electron chi connectivity index (χ2n) is 4.80. The molecule has 0 aliphatic carbocycles. The largest absolute Gasteiger partial charge is 0.453 e. The number of alkyl halides is 3. The standard InChI is InChI=1S/C14H12F3N5O/c15-14(16,17)13-20-19-12-7-6-11(21-22(12)13)18-10(8-23)9-4-2-1-3-5-9/h1-7,10,23H,8H2,(H,18,21). The van der Waals surface area contributed by atoms with Gasteiger partial charge in [-0.3, -0.25) is 0 Å². The number of fused-ring (bicyclic) bond motifs is 1. The van der Waals surface area contributed by atoms with Crippen molar-refractivity contribution in [2.45, 2.75) is 12.2 Å². The van der Waals surface area contributed by atoms with E-state index >= 15 is 0 Å². The molecule has 3 rings (SSSR count). The van der Waals surface area contributed by atoms with E-state index in [2.05, 4.69) is 20.6 Å². The molecular weight excluding hydrogens is 311 g/mol. The average molecular weight is 323 g/mol. The van der Waals surface area contributed by atoms with Crippen LogP contribution in [0, 0.1) is 0 Å². The Morgan fingerprint density at radius 1 is 1.09 bits per heavy atom. The van der Waals surface area contributed by atoms with E-state index in [0.29, 0.717) is 4.52 Å². The number of hydrogen-bond donors (Lipinski definition) is 2. The molecule has 0 radical (unpaired) electrons. The zero-order valence-electron chi connectivity index (χ0n) is 11.7. The smallest absolute Gasteiger partial charge is 0.394 e. The summed E-state index contributed by atoms with van der Waals surface area (Å²) >= 11 is 0. The normalized spacial score (nSPS) is 13.2. The molecule has 2 aromatic heterocycles. The monoisotopic (exact) mass is 323 g/mol. The molecule has 9 heteroatoms. The molecule has 0 aliphatic heterocycles. The molecule has 2 heterocycles. The highest BCUT2D eigenvalue weighted by molar-refractivity contribution is 5.45. The van der Waals surface area contributed by atoms with Gasteiger partial charge in [-0.25, -0.2) is 0 Å². The van der Waals surface area contributed by atoms with Crippen LogP contribution >= 0.6 is 0 Å². The molecule has 0 bridgehead atoms. The number of benzene rings is 1. The Morgan fingerprint density at radius 3 is 2.48 bits per heavy atom. The highest BCUT2D eigenvalue weighted by Gasteiger charge is 2.37. The predicted octanol–water partition coefficient (Wildman–Crippen LogP) is 2.29. The summed E-state index contributed by atoms with van der Waals surface area (Å²) in [5.74, 6) is -1.03. The molecule has 23 heavy (non-hydrogen) atoms. The maximum atomic E-state index is 12.9.